The number of rotatable bonds is 5. The maximum atomic E-state index is 6.22. The highest BCUT2D eigenvalue weighted by molar-refractivity contribution is 5.47. The Morgan fingerprint density at radius 2 is 1.94 bits per heavy atom. The average Bonchev–Trinajstić information content (AvgIpc) is 2.90. The Labute approximate surface area is 106 Å². The van der Waals surface area contributed by atoms with Gasteiger partial charge in [-0.1, -0.05) is 6.07 Å². The zero-order valence-electron chi connectivity index (χ0n) is 10.5. The minimum Gasteiger partial charge on any atom is -0.496 e. The Balaban J connectivity index is 2.30. The first-order valence-corrected chi connectivity index (χ1v) is 5.71. The van der Waals surface area contributed by atoms with Crippen molar-refractivity contribution in [2.45, 2.75) is 12.5 Å². The summed E-state index contributed by atoms with van der Waals surface area (Å²) in [7, 11) is 3.25. The number of ether oxygens (including phenoxy) is 2. The summed E-state index contributed by atoms with van der Waals surface area (Å²) in [5.41, 5.74) is 7.08. The second kappa shape index (κ2) is 5.55. The normalized spacial score (nSPS) is 12.2. The molecule has 0 bridgehead atoms. The van der Waals surface area contributed by atoms with Crippen LogP contribution in [0.4, 0.5) is 0 Å². The molecule has 0 fully saturated rings. The van der Waals surface area contributed by atoms with Gasteiger partial charge in [0.2, 0.25) is 0 Å². The highest BCUT2D eigenvalue weighted by Gasteiger charge is 2.18. The molecule has 96 valence electrons. The molecule has 0 saturated heterocycles. The molecule has 0 amide bonds. The summed E-state index contributed by atoms with van der Waals surface area (Å²) in [6, 6.07) is 5.39. The Bertz CT molecular complexity index is 475. The molecule has 1 heterocycles. The van der Waals surface area contributed by atoms with Crippen LogP contribution in [0.2, 0.25) is 0 Å². The lowest BCUT2D eigenvalue weighted by atomic mass is 10.0. The number of aromatic nitrogens is 2. The molecule has 1 aromatic carbocycles. The smallest absolute Gasteiger partial charge is 0.127 e. The molecule has 5 nitrogen and oxygen atoms in total. The molecule has 1 aromatic heterocycles. The number of nitrogens with one attached hydrogen (secondary N) is 1. The highest BCUT2D eigenvalue weighted by Crippen LogP contribution is 2.33. The van der Waals surface area contributed by atoms with Gasteiger partial charge in [-0.05, 0) is 12.1 Å². The minimum absolute atomic E-state index is 0.234. The predicted octanol–water partition coefficient (Wildman–Crippen LogP) is 1.67. The molecule has 3 N–H and O–H groups in total. The lowest BCUT2D eigenvalue weighted by Crippen LogP contribution is -2.16. The Morgan fingerprint density at radius 1 is 1.28 bits per heavy atom. The van der Waals surface area contributed by atoms with E-state index in [0.717, 1.165) is 22.9 Å². The summed E-state index contributed by atoms with van der Waals surface area (Å²) >= 11 is 0. The van der Waals surface area contributed by atoms with E-state index in [0.29, 0.717) is 6.42 Å². The van der Waals surface area contributed by atoms with Crippen molar-refractivity contribution in [2.75, 3.05) is 14.2 Å². The van der Waals surface area contributed by atoms with Gasteiger partial charge in [-0.2, -0.15) is 0 Å². The molecule has 1 unspecified atom stereocenters. The summed E-state index contributed by atoms with van der Waals surface area (Å²) in [6.45, 7) is 0. The highest BCUT2D eigenvalue weighted by atomic mass is 16.5. The topological polar surface area (TPSA) is 73.2 Å². The van der Waals surface area contributed by atoms with Gasteiger partial charge in [0.15, 0.2) is 0 Å². The Hall–Kier alpha value is -2.01. The number of nitrogens with two attached hydrogens (primary N) is 1. The number of hydrogen-bond donors (Lipinski definition) is 2. The molecule has 2 rings (SSSR count). The third-order valence-electron chi connectivity index (χ3n) is 2.80. The number of nitrogens with zero attached hydrogens (tertiary/aromatic N) is 1. The van der Waals surface area contributed by atoms with Crippen molar-refractivity contribution in [1.82, 2.24) is 9.97 Å². The van der Waals surface area contributed by atoms with Gasteiger partial charge in [-0.25, -0.2) is 4.98 Å². The van der Waals surface area contributed by atoms with Crippen molar-refractivity contribution in [3.63, 3.8) is 0 Å². The van der Waals surface area contributed by atoms with E-state index in [1.807, 2.05) is 18.2 Å². The predicted molar refractivity (Wildman–Crippen MR) is 68.8 cm³/mol. The van der Waals surface area contributed by atoms with Crippen LogP contribution in [0.3, 0.4) is 0 Å². The molecular formula is C13H17N3O2. The molecule has 1 atom stereocenters. The largest absolute Gasteiger partial charge is 0.496 e. The third kappa shape index (κ3) is 2.46. The first kappa shape index (κ1) is 12.4. The summed E-state index contributed by atoms with van der Waals surface area (Å²) < 4.78 is 10.7. The number of benzene rings is 1. The van der Waals surface area contributed by atoms with Crippen LogP contribution in [0.15, 0.2) is 30.6 Å². The monoisotopic (exact) mass is 247 g/mol. The van der Waals surface area contributed by atoms with E-state index in [4.69, 9.17) is 15.2 Å². The fraction of sp³-hybridized carbons (Fsp3) is 0.308. The molecule has 2 aromatic rings. The lowest BCUT2D eigenvalue weighted by molar-refractivity contribution is 0.378. The molecule has 0 aliphatic carbocycles. The second-order valence-electron chi connectivity index (χ2n) is 3.92. The van der Waals surface area contributed by atoms with Crippen molar-refractivity contribution in [3.05, 3.63) is 42.0 Å². The standard InChI is InChI=1S/C13H17N3O2/c1-17-10-4-3-5-11(18-2)13(10)9(14)8-12-15-6-7-16-12/h3-7,9H,8,14H2,1-2H3,(H,15,16). The fourth-order valence-electron chi connectivity index (χ4n) is 1.97. The summed E-state index contributed by atoms with van der Waals surface area (Å²) in [5.74, 6) is 2.30. The van der Waals surface area contributed by atoms with E-state index in [9.17, 15) is 0 Å². The molecule has 0 radical (unpaired) electrons. The van der Waals surface area contributed by atoms with Crippen molar-refractivity contribution >= 4 is 0 Å². The Kier molecular flexibility index (Phi) is 3.84. The van der Waals surface area contributed by atoms with Crippen LogP contribution >= 0.6 is 0 Å². The Morgan fingerprint density at radius 3 is 2.44 bits per heavy atom. The van der Waals surface area contributed by atoms with Crippen LogP contribution in [-0.2, 0) is 6.42 Å². The van der Waals surface area contributed by atoms with Crippen LogP contribution in [0.1, 0.15) is 17.4 Å². The van der Waals surface area contributed by atoms with E-state index in [2.05, 4.69) is 9.97 Å². The van der Waals surface area contributed by atoms with Crippen LogP contribution in [0, 0.1) is 0 Å². The third-order valence-corrected chi connectivity index (χ3v) is 2.80. The molecule has 5 heteroatoms. The van der Waals surface area contributed by atoms with Gasteiger partial charge >= 0.3 is 0 Å². The minimum atomic E-state index is -0.234. The van der Waals surface area contributed by atoms with Gasteiger partial charge in [0.05, 0.1) is 19.8 Å². The number of imidazole rings is 1. The van der Waals surface area contributed by atoms with Gasteiger partial charge in [0.25, 0.3) is 0 Å². The van der Waals surface area contributed by atoms with Crippen molar-refractivity contribution in [2.24, 2.45) is 5.73 Å². The maximum absolute atomic E-state index is 6.22. The lowest BCUT2D eigenvalue weighted by Gasteiger charge is -2.18. The zero-order chi connectivity index (χ0) is 13.0. The van der Waals surface area contributed by atoms with Crippen LogP contribution in [-0.4, -0.2) is 24.2 Å². The molecule has 0 saturated carbocycles. The number of hydrogen-bond acceptors (Lipinski definition) is 4. The summed E-state index contributed by atoms with van der Waals surface area (Å²) in [5, 5.41) is 0. The number of methoxy groups -OCH3 is 2. The van der Waals surface area contributed by atoms with E-state index >= 15 is 0 Å². The van der Waals surface area contributed by atoms with Crippen LogP contribution < -0.4 is 15.2 Å². The van der Waals surface area contributed by atoms with Gasteiger partial charge in [-0.15, -0.1) is 0 Å². The van der Waals surface area contributed by atoms with Crippen LogP contribution in [0.25, 0.3) is 0 Å². The van der Waals surface area contributed by atoms with Gasteiger partial charge in [-0.3, -0.25) is 0 Å². The van der Waals surface area contributed by atoms with Crippen molar-refractivity contribution in [3.8, 4) is 11.5 Å². The van der Waals surface area contributed by atoms with Crippen molar-refractivity contribution < 1.29 is 9.47 Å². The molecular weight excluding hydrogens is 230 g/mol. The first-order valence-electron chi connectivity index (χ1n) is 5.71. The first-order chi connectivity index (χ1) is 8.76. The second-order valence-corrected chi connectivity index (χ2v) is 3.92. The maximum Gasteiger partial charge on any atom is 0.127 e. The SMILES string of the molecule is COc1cccc(OC)c1C(N)Cc1ncc[nH]1. The summed E-state index contributed by atoms with van der Waals surface area (Å²) in [4.78, 5) is 7.22. The fourth-order valence-corrected chi connectivity index (χ4v) is 1.97. The van der Waals surface area contributed by atoms with Gasteiger partial charge in [0.1, 0.15) is 17.3 Å². The van der Waals surface area contributed by atoms with Crippen molar-refractivity contribution in [1.29, 1.82) is 0 Å². The zero-order valence-corrected chi connectivity index (χ0v) is 10.5. The summed E-state index contributed by atoms with van der Waals surface area (Å²) in [6.07, 6.45) is 4.09. The van der Waals surface area contributed by atoms with Gasteiger partial charge in [0, 0.05) is 24.9 Å². The van der Waals surface area contributed by atoms with E-state index < -0.39 is 0 Å². The van der Waals surface area contributed by atoms with E-state index in [1.165, 1.54) is 0 Å². The van der Waals surface area contributed by atoms with Crippen LogP contribution in [0.5, 0.6) is 11.5 Å². The molecule has 0 spiro atoms. The van der Waals surface area contributed by atoms with E-state index in [1.54, 1.807) is 26.6 Å². The molecule has 0 aliphatic heterocycles. The van der Waals surface area contributed by atoms with Gasteiger partial charge < -0.3 is 20.2 Å². The quantitative estimate of drug-likeness (QED) is 0.843. The number of aromatic amines is 1. The number of H-pyrrole nitrogens is 1. The van der Waals surface area contributed by atoms with E-state index in [-0.39, 0.29) is 6.04 Å². The molecule has 18 heavy (non-hydrogen) atoms. The average molecular weight is 247 g/mol. The molecule has 0 aliphatic rings.